The van der Waals surface area contributed by atoms with Gasteiger partial charge in [0.2, 0.25) is 11.5 Å². The molecule has 0 radical (unpaired) electrons. The Morgan fingerprint density at radius 1 is 1.00 bits per heavy atom. The number of hydrogen-bond donors (Lipinski definition) is 0. The van der Waals surface area contributed by atoms with E-state index >= 15 is 0 Å². The molecule has 0 unspecified atom stereocenters. The Bertz CT molecular complexity index is 745. The summed E-state index contributed by atoms with van der Waals surface area (Å²) in [7, 11) is 5.47. The van der Waals surface area contributed by atoms with Crippen LogP contribution in [0.15, 0.2) is 21.3 Å². The van der Waals surface area contributed by atoms with Crippen molar-refractivity contribution in [1.82, 2.24) is 0 Å². The Morgan fingerprint density at radius 3 is 2.19 bits per heavy atom. The van der Waals surface area contributed by atoms with E-state index in [4.69, 9.17) is 18.6 Å². The van der Waals surface area contributed by atoms with Gasteiger partial charge in [0.1, 0.15) is 5.39 Å². The van der Waals surface area contributed by atoms with Crippen LogP contribution >= 0.6 is 0 Å². The van der Waals surface area contributed by atoms with Gasteiger partial charge in [0, 0.05) is 5.39 Å². The molecular formula is C14H14O7. The molecule has 0 saturated heterocycles. The third-order valence-electron chi connectivity index (χ3n) is 2.94. The summed E-state index contributed by atoms with van der Waals surface area (Å²) < 4.78 is 25.1. The van der Waals surface area contributed by atoms with Crippen molar-refractivity contribution in [2.45, 2.75) is 0 Å². The number of benzene rings is 1. The van der Waals surface area contributed by atoms with E-state index in [1.807, 2.05) is 0 Å². The second kappa shape index (κ2) is 5.74. The Hall–Kier alpha value is -2.70. The second-order valence-corrected chi connectivity index (χ2v) is 4.00. The molecule has 0 saturated carbocycles. The van der Waals surface area contributed by atoms with Crippen molar-refractivity contribution in [3.63, 3.8) is 0 Å². The summed E-state index contributed by atoms with van der Waals surface area (Å²) in [5.74, 6) is -0.141. The highest BCUT2D eigenvalue weighted by atomic mass is 16.5. The molecule has 0 aliphatic carbocycles. The summed E-state index contributed by atoms with van der Waals surface area (Å²) >= 11 is 0. The van der Waals surface area contributed by atoms with Crippen molar-refractivity contribution < 1.29 is 28.2 Å². The van der Waals surface area contributed by atoms with Gasteiger partial charge in [-0.15, -0.1) is 0 Å². The minimum absolute atomic E-state index is 0.155. The van der Waals surface area contributed by atoms with Gasteiger partial charge < -0.3 is 23.4 Å². The molecular weight excluding hydrogens is 280 g/mol. The fourth-order valence-electron chi connectivity index (χ4n) is 2.02. The molecule has 21 heavy (non-hydrogen) atoms. The molecule has 2 rings (SSSR count). The average Bonchev–Trinajstić information content (AvgIpc) is 2.51. The van der Waals surface area contributed by atoms with Crippen LogP contribution < -0.4 is 19.8 Å². The average molecular weight is 294 g/mol. The zero-order valence-corrected chi connectivity index (χ0v) is 12.0. The highest BCUT2D eigenvalue weighted by Gasteiger charge is 2.21. The molecule has 0 bridgehead atoms. The van der Waals surface area contributed by atoms with Crippen LogP contribution in [-0.4, -0.2) is 34.4 Å². The maximum Gasteiger partial charge on any atom is 0.374 e. The molecule has 112 valence electrons. The predicted molar refractivity (Wildman–Crippen MR) is 73.5 cm³/mol. The Balaban J connectivity index is 2.88. The first-order chi connectivity index (χ1) is 10.1. The number of ether oxygens (including phenoxy) is 4. The molecule has 0 spiro atoms. The lowest BCUT2D eigenvalue weighted by atomic mass is 10.1. The quantitative estimate of drug-likeness (QED) is 0.792. The van der Waals surface area contributed by atoms with Crippen molar-refractivity contribution in [2.75, 3.05) is 28.4 Å². The van der Waals surface area contributed by atoms with E-state index < -0.39 is 11.6 Å². The van der Waals surface area contributed by atoms with Crippen LogP contribution in [0.3, 0.4) is 0 Å². The third kappa shape index (κ3) is 2.37. The summed E-state index contributed by atoms with van der Waals surface area (Å²) in [6, 6.07) is 2.94. The maximum absolute atomic E-state index is 12.1. The van der Waals surface area contributed by atoms with Gasteiger partial charge in [-0.3, -0.25) is 0 Å². The van der Waals surface area contributed by atoms with Gasteiger partial charge in [0.25, 0.3) is 0 Å². The summed E-state index contributed by atoms with van der Waals surface area (Å²) in [6.07, 6.45) is 0. The molecule has 7 nitrogen and oxygen atoms in total. The first-order valence-electron chi connectivity index (χ1n) is 5.92. The first-order valence-corrected chi connectivity index (χ1v) is 5.92. The molecule has 0 atom stereocenters. The lowest BCUT2D eigenvalue weighted by Gasteiger charge is -2.14. The van der Waals surface area contributed by atoms with E-state index in [1.165, 1.54) is 34.5 Å². The van der Waals surface area contributed by atoms with E-state index in [0.717, 1.165) is 0 Å². The number of esters is 1. The SMILES string of the molecule is COC(=O)c1cc2cc(OC)c(OC)c(OC)c2c(=O)o1. The standard InChI is InChI=1S/C14H14O7/c1-17-8-5-7-6-9(13(15)20-4)21-14(16)10(7)12(19-3)11(8)18-2/h5-6H,1-4H3. The van der Waals surface area contributed by atoms with Gasteiger partial charge in [-0.2, -0.15) is 0 Å². The molecule has 1 aromatic carbocycles. The van der Waals surface area contributed by atoms with Crippen LogP contribution in [0.1, 0.15) is 10.6 Å². The fourth-order valence-corrected chi connectivity index (χ4v) is 2.02. The van der Waals surface area contributed by atoms with Gasteiger partial charge in [-0.05, 0) is 12.1 Å². The zero-order valence-electron chi connectivity index (χ0n) is 12.0. The normalized spacial score (nSPS) is 10.3. The van der Waals surface area contributed by atoms with E-state index in [1.54, 1.807) is 6.07 Å². The monoisotopic (exact) mass is 294 g/mol. The van der Waals surface area contributed by atoms with Crippen molar-refractivity contribution in [3.8, 4) is 17.2 Å². The maximum atomic E-state index is 12.1. The van der Waals surface area contributed by atoms with Gasteiger partial charge in [-0.1, -0.05) is 0 Å². The number of methoxy groups -OCH3 is 4. The Kier molecular flexibility index (Phi) is 4.02. The van der Waals surface area contributed by atoms with E-state index in [9.17, 15) is 9.59 Å². The van der Waals surface area contributed by atoms with Gasteiger partial charge in [0.05, 0.1) is 28.4 Å². The number of hydrogen-bond acceptors (Lipinski definition) is 7. The van der Waals surface area contributed by atoms with Crippen LogP contribution in [0, 0.1) is 0 Å². The molecule has 0 aliphatic heterocycles. The largest absolute Gasteiger partial charge is 0.493 e. The number of carbonyl (C=O) groups excluding carboxylic acids is 1. The van der Waals surface area contributed by atoms with Gasteiger partial charge in [0.15, 0.2) is 11.5 Å². The molecule has 1 aromatic heterocycles. The molecule has 0 N–H and O–H groups in total. The van der Waals surface area contributed by atoms with Gasteiger partial charge in [-0.25, -0.2) is 9.59 Å². The van der Waals surface area contributed by atoms with Crippen molar-refractivity contribution in [2.24, 2.45) is 0 Å². The highest BCUT2D eigenvalue weighted by molar-refractivity contribution is 5.96. The minimum Gasteiger partial charge on any atom is -0.493 e. The topological polar surface area (TPSA) is 84.2 Å². The summed E-state index contributed by atoms with van der Waals surface area (Å²) in [5.41, 5.74) is -0.731. The molecule has 0 fully saturated rings. The lowest BCUT2D eigenvalue weighted by molar-refractivity contribution is 0.0560. The number of rotatable bonds is 4. The Labute approximate surface area is 120 Å². The number of carbonyl (C=O) groups is 1. The van der Waals surface area contributed by atoms with Crippen LogP contribution in [0.4, 0.5) is 0 Å². The Morgan fingerprint density at radius 2 is 1.67 bits per heavy atom. The van der Waals surface area contributed by atoms with Crippen LogP contribution in [0.25, 0.3) is 10.8 Å². The second-order valence-electron chi connectivity index (χ2n) is 4.00. The highest BCUT2D eigenvalue weighted by Crippen LogP contribution is 2.42. The summed E-state index contributed by atoms with van der Waals surface area (Å²) in [4.78, 5) is 23.6. The zero-order chi connectivity index (χ0) is 15.6. The molecule has 2 aromatic rings. The van der Waals surface area contributed by atoms with E-state index in [0.29, 0.717) is 11.1 Å². The first kappa shape index (κ1) is 14.7. The summed E-state index contributed by atoms with van der Waals surface area (Å²) in [6.45, 7) is 0. The fraction of sp³-hybridized carbons (Fsp3) is 0.286. The smallest absolute Gasteiger partial charge is 0.374 e. The van der Waals surface area contributed by atoms with Crippen LogP contribution in [0.5, 0.6) is 17.2 Å². The van der Waals surface area contributed by atoms with Gasteiger partial charge >= 0.3 is 11.6 Å². The predicted octanol–water partition coefficient (Wildman–Crippen LogP) is 1.61. The molecule has 7 heteroatoms. The molecule has 1 heterocycles. The van der Waals surface area contributed by atoms with E-state index in [-0.39, 0.29) is 22.6 Å². The lowest BCUT2D eigenvalue weighted by Crippen LogP contribution is -2.10. The van der Waals surface area contributed by atoms with Crippen molar-refractivity contribution in [1.29, 1.82) is 0 Å². The third-order valence-corrected chi connectivity index (χ3v) is 2.94. The van der Waals surface area contributed by atoms with Crippen LogP contribution in [0.2, 0.25) is 0 Å². The van der Waals surface area contributed by atoms with E-state index in [2.05, 4.69) is 4.74 Å². The van der Waals surface area contributed by atoms with Crippen molar-refractivity contribution >= 4 is 16.7 Å². The molecule has 0 amide bonds. The molecule has 0 aliphatic rings. The van der Waals surface area contributed by atoms with Crippen LogP contribution in [-0.2, 0) is 4.74 Å². The number of fused-ring (bicyclic) bond motifs is 1. The summed E-state index contributed by atoms with van der Waals surface area (Å²) in [5, 5.41) is 0.573. The minimum atomic E-state index is -0.747. The van der Waals surface area contributed by atoms with Crippen molar-refractivity contribution in [3.05, 3.63) is 28.3 Å².